The van der Waals surface area contributed by atoms with Gasteiger partial charge >= 0.3 is 0 Å². The first-order valence-electron chi connectivity index (χ1n) is 4.98. The minimum Gasteiger partial charge on any atom is -0.397 e. The number of rotatable bonds is 2. The van der Waals surface area contributed by atoms with Gasteiger partial charge in [-0.3, -0.25) is 0 Å². The highest BCUT2D eigenvalue weighted by molar-refractivity contribution is 8.00. The van der Waals surface area contributed by atoms with E-state index >= 15 is 0 Å². The van der Waals surface area contributed by atoms with Gasteiger partial charge in [0.15, 0.2) is 0 Å². The van der Waals surface area contributed by atoms with E-state index in [4.69, 9.17) is 5.73 Å². The zero-order valence-corrected chi connectivity index (χ0v) is 9.18. The summed E-state index contributed by atoms with van der Waals surface area (Å²) in [6.45, 7) is 2.28. The Balaban J connectivity index is 2.01. The maximum absolute atomic E-state index is 5.86. The van der Waals surface area contributed by atoms with Crippen LogP contribution in [0.15, 0.2) is 24.3 Å². The average Bonchev–Trinajstić information content (AvgIpc) is 2.56. The van der Waals surface area contributed by atoms with E-state index < -0.39 is 0 Å². The Morgan fingerprint density at radius 2 is 2.21 bits per heavy atom. The third kappa shape index (κ3) is 2.15. The Bertz CT molecular complexity index is 314. The number of nitrogens with two attached hydrogens (primary N) is 1. The van der Waals surface area contributed by atoms with E-state index in [1.54, 1.807) is 0 Å². The van der Waals surface area contributed by atoms with Crippen LogP contribution < -0.4 is 11.1 Å². The molecule has 1 aliphatic heterocycles. The van der Waals surface area contributed by atoms with Crippen molar-refractivity contribution >= 4 is 23.1 Å². The summed E-state index contributed by atoms with van der Waals surface area (Å²) >= 11 is 2.03. The normalized spacial score (nSPS) is 26.4. The van der Waals surface area contributed by atoms with Crippen molar-refractivity contribution in [2.75, 3.05) is 16.8 Å². The van der Waals surface area contributed by atoms with E-state index in [2.05, 4.69) is 12.2 Å². The largest absolute Gasteiger partial charge is 0.397 e. The minimum absolute atomic E-state index is 0.583. The number of para-hydroxylation sites is 2. The number of nitrogens with one attached hydrogen (secondary N) is 1. The molecule has 0 aliphatic carbocycles. The second-order valence-corrected chi connectivity index (χ2v) is 5.28. The van der Waals surface area contributed by atoms with Gasteiger partial charge in [-0.1, -0.05) is 19.1 Å². The summed E-state index contributed by atoms with van der Waals surface area (Å²) in [5.74, 6) is 1.19. The van der Waals surface area contributed by atoms with Crippen molar-refractivity contribution in [3.63, 3.8) is 0 Å². The maximum Gasteiger partial charge on any atom is 0.0576 e. The smallest absolute Gasteiger partial charge is 0.0576 e. The van der Waals surface area contributed by atoms with Crippen molar-refractivity contribution in [3.8, 4) is 0 Å². The topological polar surface area (TPSA) is 38.0 Å². The number of hydrogen-bond donors (Lipinski definition) is 2. The van der Waals surface area contributed by atoms with Crippen LogP contribution in [0, 0.1) is 0 Å². The highest BCUT2D eigenvalue weighted by Gasteiger charge is 2.21. The molecule has 1 saturated heterocycles. The van der Waals surface area contributed by atoms with E-state index in [1.165, 1.54) is 12.2 Å². The summed E-state index contributed by atoms with van der Waals surface area (Å²) in [6.07, 6.45) is 1.24. The summed E-state index contributed by atoms with van der Waals surface area (Å²) in [5, 5.41) is 4.27. The zero-order valence-electron chi connectivity index (χ0n) is 8.36. The molecule has 76 valence electrons. The maximum atomic E-state index is 5.86. The van der Waals surface area contributed by atoms with Gasteiger partial charge in [0.2, 0.25) is 0 Å². The van der Waals surface area contributed by atoms with Gasteiger partial charge in [0.1, 0.15) is 0 Å². The fourth-order valence-corrected chi connectivity index (χ4v) is 2.91. The van der Waals surface area contributed by atoms with Gasteiger partial charge in [0.05, 0.1) is 11.4 Å². The first-order valence-corrected chi connectivity index (χ1v) is 6.03. The summed E-state index contributed by atoms with van der Waals surface area (Å²) in [6, 6.07) is 8.55. The third-order valence-corrected chi connectivity index (χ3v) is 3.88. The Morgan fingerprint density at radius 3 is 2.86 bits per heavy atom. The highest BCUT2D eigenvalue weighted by Crippen LogP contribution is 2.29. The molecule has 3 N–H and O–H groups in total. The fraction of sp³-hybridized carbons (Fsp3) is 0.455. The van der Waals surface area contributed by atoms with E-state index in [9.17, 15) is 0 Å². The lowest BCUT2D eigenvalue weighted by Crippen LogP contribution is -2.19. The van der Waals surface area contributed by atoms with Crippen molar-refractivity contribution in [2.45, 2.75) is 24.6 Å². The third-order valence-electron chi connectivity index (χ3n) is 2.52. The molecule has 1 aromatic rings. The lowest BCUT2D eigenvalue weighted by molar-refractivity contribution is 0.747. The lowest BCUT2D eigenvalue weighted by atomic mass is 10.2. The minimum atomic E-state index is 0.583. The molecule has 0 bridgehead atoms. The summed E-state index contributed by atoms with van der Waals surface area (Å²) in [7, 11) is 0. The summed E-state index contributed by atoms with van der Waals surface area (Å²) < 4.78 is 0. The highest BCUT2D eigenvalue weighted by atomic mass is 32.2. The Hall–Kier alpha value is -0.830. The van der Waals surface area contributed by atoms with Crippen molar-refractivity contribution in [3.05, 3.63) is 24.3 Å². The van der Waals surface area contributed by atoms with Gasteiger partial charge in [0, 0.05) is 17.0 Å². The molecular formula is C11H16N2S. The molecule has 0 spiro atoms. The summed E-state index contributed by atoms with van der Waals surface area (Å²) in [4.78, 5) is 0. The SMILES string of the molecule is CC1CC(Nc2ccccc2N)CS1. The predicted octanol–water partition coefficient (Wildman–Crippen LogP) is 2.57. The van der Waals surface area contributed by atoms with Crippen LogP contribution in [0.5, 0.6) is 0 Å². The number of thioether (sulfide) groups is 1. The molecule has 0 amide bonds. The fourth-order valence-electron chi connectivity index (χ4n) is 1.77. The van der Waals surface area contributed by atoms with Crippen LogP contribution in [0.4, 0.5) is 11.4 Å². The molecule has 1 heterocycles. The van der Waals surface area contributed by atoms with Gasteiger partial charge in [-0.05, 0) is 18.6 Å². The molecule has 0 radical (unpaired) electrons. The average molecular weight is 208 g/mol. The van der Waals surface area contributed by atoms with Gasteiger partial charge in [-0.2, -0.15) is 11.8 Å². The Morgan fingerprint density at radius 1 is 1.43 bits per heavy atom. The van der Waals surface area contributed by atoms with Gasteiger partial charge in [-0.15, -0.1) is 0 Å². The molecule has 0 aromatic heterocycles. The molecule has 1 aliphatic rings. The van der Waals surface area contributed by atoms with E-state index in [0.29, 0.717) is 6.04 Å². The first-order chi connectivity index (χ1) is 6.75. The quantitative estimate of drug-likeness (QED) is 0.734. The van der Waals surface area contributed by atoms with Gasteiger partial charge in [0.25, 0.3) is 0 Å². The number of nitrogen functional groups attached to an aromatic ring is 1. The van der Waals surface area contributed by atoms with Crippen LogP contribution in [0.3, 0.4) is 0 Å². The molecule has 1 aromatic carbocycles. The van der Waals surface area contributed by atoms with Crippen LogP contribution in [-0.2, 0) is 0 Å². The molecule has 1 fully saturated rings. The van der Waals surface area contributed by atoms with Crippen LogP contribution >= 0.6 is 11.8 Å². The standard InChI is InChI=1S/C11H16N2S/c1-8-6-9(7-14-8)13-11-5-3-2-4-10(11)12/h2-5,8-9,13H,6-7,12H2,1H3. The van der Waals surface area contributed by atoms with E-state index in [0.717, 1.165) is 16.6 Å². The predicted molar refractivity (Wildman–Crippen MR) is 64.8 cm³/mol. The summed E-state index contributed by atoms with van der Waals surface area (Å²) in [5.41, 5.74) is 7.78. The van der Waals surface area contributed by atoms with Crippen LogP contribution in [-0.4, -0.2) is 17.0 Å². The molecule has 2 nitrogen and oxygen atoms in total. The zero-order chi connectivity index (χ0) is 9.97. The monoisotopic (exact) mass is 208 g/mol. The molecular weight excluding hydrogens is 192 g/mol. The molecule has 2 unspecified atom stereocenters. The molecule has 14 heavy (non-hydrogen) atoms. The molecule has 3 heteroatoms. The van der Waals surface area contributed by atoms with Gasteiger partial charge in [-0.25, -0.2) is 0 Å². The molecule has 2 rings (SSSR count). The van der Waals surface area contributed by atoms with Crippen LogP contribution in [0.25, 0.3) is 0 Å². The van der Waals surface area contributed by atoms with Crippen molar-refractivity contribution in [2.24, 2.45) is 0 Å². The second-order valence-electron chi connectivity index (χ2n) is 3.81. The number of benzene rings is 1. The Labute approximate surface area is 89.3 Å². The van der Waals surface area contributed by atoms with E-state index in [-0.39, 0.29) is 0 Å². The van der Waals surface area contributed by atoms with Gasteiger partial charge < -0.3 is 11.1 Å². The second kappa shape index (κ2) is 4.13. The van der Waals surface area contributed by atoms with E-state index in [1.807, 2.05) is 36.0 Å². The van der Waals surface area contributed by atoms with Crippen molar-refractivity contribution < 1.29 is 0 Å². The van der Waals surface area contributed by atoms with Crippen LogP contribution in [0.1, 0.15) is 13.3 Å². The van der Waals surface area contributed by atoms with Crippen molar-refractivity contribution in [1.82, 2.24) is 0 Å². The number of anilines is 2. The first kappa shape index (κ1) is 9.71. The Kier molecular flexibility index (Phi) is 2.87. The lowest BCUT2D eigenvalue weighted by Gasteiger charge is -2.14. The van der Waals surface area contributed by atoms with Crippen LogP contribution in [0.2, 0.25) is 0 Å². The van der Waals surface area contributed by atoms with Crippen molar-refractivity contribution in [1.29, 1.82) is 0 Å². The molecule has 2 atom stereocenters. The number of hydrogen-bond acceptors (Lipinski definition) is 3. The molecule has 0 saturated carbocycles.